The lowest BCUT2D eigenvalue weighted by molar-refractivity contribution is -0.123. The molecule has 0 spiro atoms. The predicted octanol–water partition coefficient (Wildman–Crippen LogP) is 5.19. The van der Waals surface area contributed by atoms with Crippen LogP contribution in [0.4, 0.5) is 10.5 Å². The van der Waals surface area contributed by atoms with E-state index >= 15 is 0 Å². The van der Waals surface area contributed by atoms with Crippen LogP contribution in [0.1, 0.15) is 24.0 Å². The van der Waals surface area contributed by atoms with Gasteiger partial charge in [0, 0.05) is 35.4 Å². The van der Waals surface area contributed by atoms with Gasteiger partial charge in [-0.15, -0.1) is 0 Å². The molecule has 0 N–H and O–H groups in total. The summed E-state index contributed by atoms with van der Waals surface area (Å²) >= 11 is 6.86. The molecule has 2 amide bonds. The first kappa shape index (κ1) is 19.9. The first-order valence-electron chi connectivity index (χ1n) is 9.48. The maximum Gasteiger partial charge on any atom is 0.293 e. The molecule has 0 unspecified atom stereocenters. The highest BCUT2D eigenvalue weighted by Crippen LogP contribution is 2.36. The van der Waals surface area contributed by atoms with E-state index in [1.54, 1.807) is 25.3 Å². The van der Waals surface area contributed by atoms with Crippen molar-refractivity contribution in [2.75, 3.05) is 25.1 Å². The quantitative estimate of drug-likeness (QED) is 0.614. The molecular formula is C22H21ClN2O3S. The second kappa shape index (κ2) is 8.51. The second-order valence-corrected chi connectivity index (χ2v) is 8.44. The average Bonchev–Trinajstić information content (AvgIpc) is 3.35. The van der Waals surface area contributed by atoms with Crippen LogP contribution in [0.2, 0.25) is 5.02 Å². The van der Waals surface area contributed by atoms with Crippen molar-refractivity contribution in [3.05, 3.63) is 63.5 Å². The average molecular weight is 429 g/mol. The summed E-state index contributed by atoms with van der Waals surface area (Å²) in [6.45, 7) is 2.32. The fourth-order valence-corrected chi connectivity index (χ4v) is 4.50. The van der Waals surface area contributed by atoms with Crippen molar-refractivity contribution in [2.45, 2.75) is 19.4 Å². The summed E-state index contributed by atoms with van der Waals surface area (Å²) in [5, 5.41) is 0.344. The van der Waals surface area contributed by atoms with Gasteiger partial charge in [0.2, 0.25) is 0 Å². The maximum atomic E-state index is 12.8. The molecule has 2 aliphatic heterocycles. The SMILES string of the molecule is COc1cc(N2CCCC2)ccc1/C=C1\SC(=O)N(Cc2ccc(Cl)cc2)C1=O. The van der Waals surface area contributed by atoms with Gasteiger partial charge in [-0.1, -0.05) is 23.7 Å². The van der Waals surface area contributed by atoms with Crippen molar-refractivity contribution in [1.82, 2.24) is 4.90 Å². The summed E-state index contributed by atoms with van der Waals surface area (Å²) in [5.74, 6) is 0.402. The number of rotatable bonds is 5. The lowest BCUT2D eigenvalue weighted by Gasteiger charge is -2.19. The Hall–Kier alpha value is -2.44. The van der Waals surface area contributed by atoms with Gasteiger partial charge < -0.3 is 9.64 Å². The Morgan fingerprint density at radius 3 is 2.52 bits per heavy atom. The Labute approximate surface area is 179 Å². The molecule has 2 saturated heterocycles. The number of benzene rings is 2. The number of hydrogen-bond acceptors (Lipinski definition) is 5. The van der Waals surface area contributed by atoms with Gasteiger partial charge in [-0.3, -0.25) is 14.5 Å². The highest BCUT2D eigenvalue weighted by molar-refractivity contribution is 8.18. The summed E-state index contributed by atoms with van der Waals surface area (Å²) in [4.78, 5) is 29.2. The van der Waals surface area contributed by atoms with E-state index in [-0.39, 0.29) is 17.7 Å². The minimum absolute atomic E-state index is 0.226. The van der Waals surface area contributed by atoms with E-state index in [0.717, 1.165) is 41.7 Å². The molecule has 0 atom stereocenters. The van der Waals surface area contributed by atoms with E-state index in [2.05, 4.69) is 4.90 Å². The zero-order valence-electron chi connectivity index (χ0n) is 16.1. The van der Waals surface area contributed by atoms with Crippen molar-refractivity contribution in [1.29, 1.82) is 0 Å². The van der Waals surface area contributed by atoms with E-state index < -0.39 is 0 Å². The zero-order valence-corrected chi connectivity index (χ0v) is 17.6. The van der Waals surface area contributed by atoms with Crippen molar-refractivity contribution in [2.24, 2.45) is 0 Å². The van der Waals surface area contributed by atoms with Gasteiger partial charge in [-0.05, 0) is 60.5 Å². The number of carbonyl (C=O) groups is 2. The minimum Gasteiger partial charge on any atom is -0.496 e. The Morgan fingerprint density at radius 1 is 1.10 bits per heavy atom. The number of methoxy groups -OCH3 is 1. The highest BCUT2D eigenvalue weighted by Gasteiger charge is 2.35. The van der Waals surface area contributed by atoms with Crippen LogP contribution in [-0.4, -0.2) is 36.2 Å². The second-order valence-electron chi connectivity index (χ2n) is 7.01. The molecular weight excluding hydrogens is 408 g/mol. The molecule has 150 valence electrons. The molecule has 7 heteroatoms. The highest BCUT2D eigenvalue weighted by atomic mass is 35.5. The fraction of sp³-hybridized carbons (Fsp3) is 0.273. The standard InChI is InChI=1S/C22H21ClN2O3S/c1-28-19-13-18(24-10-2-3-11-24)9-6-16(19)12-20-21(26)25(22(27)29-20)14-15-4-7-17(23)8-5-15/h4-9,12-13H,2-3,10-11,14H2,1H3/b20-12-. The van der Waals surface area contributed by atoms with E-state index in [4.69, 9.17) is 16.3 Å². The third kappa shape index (κ3) is 4.28. The zero-order chi connectivity index (χ0) is 20.4. The molecule has 4 rings (SSSR count). The molecule has 0 saturated carbocycles. The van der Waals surface area contributed by atoms with Gasteiger partial charge in [0.25, 0.3) is 11.1 Å². The van der Waals surface area contributed by atoms with E-state index in [0.29, 0.717) is 15.7 Å². The van der Waals surface area contributed by atoms with Crippen molar-refractivity contribution < 1.29 is 14.3 Å². The molecule has 2 aliphatic rings. The number of carbonyl (C=O) groups excluding carboxylic acids is 2. The number of ether oxygens (including phenoxy) is 1. The van der Waals surface area contributed by atoms with Crippen LogP contribution in [0.3, 0.4) is 0 Å². The molecule has 0 aliphatic carbocycles. The topological polar surface area (TPSA) is 49.9 Å². The number of thioether (sulfide) groups is 1. The molecule has 2 aromatic carbocycles. The maximum absolute atomic E-state index is 12.8. The Morgan fingerprint density at radius 2 is 1.83 bits per heavy atom. The van der Waals surface area contributed by atoms with Gasteiger partial charge in [0.1, 0.15) is 5.75 Å². The van der Waals surface area contributed by atoms with Gasteiger partial charge in [-0.25, -0.2) is 0 Å². The Kier molecular flexibility index (Phi) is 5.83. The normalized spacial score (nSPS) is 18.2. The molecule has 29 heavy (non-hydrogen) atoms. The largest absolute Gasteiger partial charge is 0.496 e. The van der Waals surface area contributed by atoms with Gasteiger partial charge in [-0.2, -0.15) is 0 Å². The van der Waals surface area contributed by atoms with E-state index in [1.165, 1.54) is 17.7 Å². The first-order chi connectivity index (χ1) is 14.0. The lowest BCUT2D eigenvalue weighted by atomic mass is 10.1. The van der Waals surface area contributed by atoms with Crippen LogP contribution in [-0.2, 0) is 11.3 Å². The smallest absolute Gasteiger partial charge is 0.293 e. The summed E-state index contributed by atoms with van der Waals surface area (Å²) in [7, 11) is 1.62. The molecule has 0 aromatic heterocycles. The predicted molar refractivity (Wildman–Crippen MR) is 117 cm³/mol. The van der Waals surface area contributed by atoms with Crippen LogP contribution in [0, 0.1) is 0 Å². The molecule has 5 nitrogen and oxygen atoms in total. The monoisotopic (exact) mass is 428 g/mol. The number of halogens is 1. The fourth-order valence-electron chi connectivity index (χ4n) is 3.54. The van der Waals surface area contributed by atoms with Crippen LogP contribution in [0.25, 0.3) is 6.08 Å². The van der Waals surface area contributed by atoms with Crippen molar-refractivity contribution in [3.63, 3.8) is 0 Å². The number of nitrogens with zero attached hydrogens (tertiary/aromatic N) is 2. The van der Waals surface area contributed by atoms with Crippen LogP contribution >= 0.6 is 23.4 Å². The number of amides is 2. The van der Waals surface area contributed by atoms with E-state index in [1.807, 2.05) is 30.3 Å². The van der Waals surface area contributed by atoms with Crippen LogP contribution < -0.4 is 9.64 Å². The summed E-state index contributed by atoms with van der Waals surface area (Å²) < 4.78 is 5.55. The molecule has 2 fully saturated rings. The van der Waals surface area contributed by atoms with Gasteiger partial charge >= 0.3 is 0 Å². The number of anilines is 1. The number of imide groups is 1. The van der Waals surface area contributed by atoms with Gasteiger partial charge in [0.15, 0.2) is 0 Å². The van der Waals surface area contributed by atoms with Gasteiger partial charge in [0.05, 0.1) is 18.6 Å². The first-order valence-corrected chi connectivity index (χ1v) is 10.7. The summed E-state index contributed by atoms with van der Waals surface area (Å²) in [5.41, 5.74) is 2.75. The van der Waals surface area contributed by atoms with E-state index in [9.17, 15) is 9.59 Å². The Balaban J connectivity index is 1.55. The van der Waals surface area contributed by atoms with Crippen LogP contribution in [0.15, 0.2) is 47.4 Å². The van der Waals surface area contributed by atoms with Crippen molar-refractivity contribution >= 4 is 46.3 Å². The third-order valence-electron chi connectivity index (χ3n) is 5.10. The van der Waals surface area contributed by atoms with Crippen molar-refractivity contribution in [3.8, 4) is 5.75 Å². The lowest BCUT2D eigenvalue weighted by Crippen LogP contribution is -2.27. The summed E-state index contributed by atoms with van der Waals surface area (Å²) in [6, 6.07) is 13.1. The Bertz CT molecular complexity index is 969. The summed E-state index contributed by atoms with van der Waals surface area (Å²) in [6.07, 6.45) is 4.13. The molecule has 2 aromatic rings. The molecule has 2 heterocycles. The molecule has 0 bridgehead atoms. The molecule has 0 radical (unpaired) electrons. The number of hydrogen-bond donors (Lipinski definition) is 0. The van der Waals surface area contributed by atoms with Crippen LogP contribution in [0.5, 0.6) is 5.75 Å². The third-order valence-corrected chi connectivity index (χ3v) is 6.26. The minimum atomic E-state index is -0.291.